The van der Waals surface area contributed by atoms with E-state index in [0.29, 0.717) is 6.42 Å². The number of carboxylic acids is 1. The molecule has 1 aromatic heterocycles. The van der Waals surface area contributed by atoms with Crippen LogP contribution in [0.25, 0.3) is 0 Å². The van der Waals surface area contributed by atoms with Crippen LogP contribution in [0.1, 0.15) is 32.6 Å². The van der Waals surface area contributed by atoms with Gasteiger partial charge in [0.15, 0.2) is 0 Å². The average Bonchev–Trinajstić information content (AvgIpc) is 2.84. The van der Waals surface area contributed by atoms with Crippen molar-refractivity contribution in [1.82, 2.24) is 9.88 Å². The number of aliphatic carboxylic acids is 1. The molecule has 1 rings (SSSR count). The van der Waals surface area contributed by atoms with Gasteiger partial charge in [-0.15, -0.1) is 0 Å². The van der Waals surface area contributed by atoms with Gasteiger partial charge in [-0.25, -0.2) is 9.13 Å². The summed E-state index contributed by atoms with van der Waals surface area (Å²) < 4.78 is 35.6. The molecule has 0 unspecified atom stereocenters. The highest BCUT2D eigenvalue weighted by Gasteiger charge is 2.28. The normalized spacial score (nSPS) is 10.7. The zero-order valence-electron chi connectivity index (χ0n) is 13.2. The fourth-order valence-corrected chi connectivity index (χ4v) is 1.55. The second kappa shape index (κ2) is 10.6. The Labute approximate surface area is 132 Å². The van der Waals surface area contributed by atoms with Crippen molar-refractivity contribution >= 4 is 11.9 Å². The fourth-order valence-electron chi connectivity index (χ4n) is 1.55. The molecule has 23 heavy (non-hydrogen) atoms. The molecule has 0 saturated carbocycles. The molecule has 1 N–H and O–H groups in total. The van der Waals surface area contributed by atoms with Gasteiger partial charge in [-0.2, -0.15) is 13.2 Å². The first-order chi connectivity index (χ1) is 10.7. The summed E-state index contributed by atoms with van der Waals surface area (Å²) in [7, 11) is 1.99. The molecule has 0 fully saturated rings. The van der Waals surface area contributed by atoms with Gasteiger partial charge in [-0.1, -0.05) is 13.3 Å². The lowest BCUT2D eigenvalue weighted by Crippen LogP contribution is -2.37. The van der Waals surface area contributed by atoms with E-state index in [4.69, 9.17) is 9.90 Å². The zero-order valence-corrected chi connectivity index (χ0v) is 13.2. The number of amides is 1. The van der Waals surface area contributed by atoms with Crippen LogP contribution < -0.4 is 15.0 Å². The number of carbonyl (C=O) groups excluding carboxylic acids is 2. The smallest absolute Gasteiger partial charge is 0.430 e. The van der Waals surface area contributed by atoms with Crippen LogP contribution in [0.15, 0.2) is 18.7 Å². The third-order valence-electron chi connectivity index (χ3n) is 2.73. The molecule has 0 aliphatic heterocycles. The number of carbonyl (C=O) groups is 2. The number of hydrogen-bond acceptors (Lipinski definition) is 3. The topological polar surface area (TPSA) is 78.0 Å². The number of rotatable bonds is 7. The van der Waals surface area contributed by atoms with Gasteiger partial charge in [0.1, 0.15) is 18.4 Å². The highest BCUT2D eigenvalue weighted by atomic mass is 19.4. The van der Waals surface area contributed by atoms with E-state index in [2.05, 4.69) is 16.8 Å². The van der Waals surface area contributed by atoms with E-state index in [9.17, 15) is 18.0 Å². The van der Waals surface area contributed by atoms with Crippen LogP contribution in [0.2, 0.25) is 0 Å². The maximum atomic E-state index is 11.4. The van der Waals surface area contributed by atoms with Crippen LogP contribution in [-0.4, -0.2) is 29.2 Å². The lowest BCUT2D eigenvalue weighted by Gasteiger charge is -2.03. The van der Waals surface area contributed by atoms with Crippen molar-refractivity contribution < 1.29 is 32.4 Å². The number of nitrogens with zero attached hydrogens (tertiary/aromatic N) is 2. The number of halogens is 3. The maximum absolute atomic E-state index is 11.4. The highest BCUT2D eigenvalue weighted by Crippen LogP contribution is 2.11. The molecule has 0 aromatic carbocycles. The SMILES string of the molecule is CCCCNC(=O)CCCn1cc[n+](C)c1.O=C([O-])C(F)(F)F. The third-order valence-corrected chi connectivity index (χ3v) is 2.73. The molecule has 0 spiro atoms. The van der Waals surface area contributed by atoms with Crippen LogP contribution >= 0.6 is 0 Å². The van der Waals surface area contributed by atoms with Gasteiger partial charge >= 0.3 is 6.18 Å². The lowest BCUT2D eigenvalue weighted by molar-refractivity contribution is -0.671. The summed E-state index contributed by atoms with van der Waals surface area (Å²) in [6.07, 6.45) is 4.56. The first kappa shape index (κ1) is 20.9. The third kappa shape index (κ3) is 11.2. The molecule has 0 aliphatic rings. The molecule has 0 bridgehead atoms. The van der Waals surface area contributed by atoms with Gasteiger partial charge in [-0.3, -0.25) is 4.79 Å². The number of imidazole rings is 1. The van der Waals surface area contributed by atoms with Gasteiger partial charge in [0.25, 0.3) is 0 Å². The molecule has 1 amide bonds. The average molecular weight is 337 g/mol. The minimum Gasteiger partial charge on any atom is -0.542 e. The fraction of sp³-hybridized carbons (Fsp3) is 0.643. The summed E-state index contributed by atoms with van der Waals surface area (Å²) in [6.45, 7) is 3.84. The second-order valence-electron chi connectivity index (χ2n) is 4.91. The number of aromatic nitrogens is 2. The summed E-state index contributed by atoms with van der Waals surface area (Å²) in [6, 6.07) is 0. The van der Waals surface area contributed by atoms with Crippen LogP contribution in [0.3, 0.4) is 0 Å². The van der Waals surface area contributed by atoms with Gasteiger partial charge in [0, 0.05) is 13.0 Å². The summed E-state index contributed by atoms with van der Waals surface area (Å²) in [5.41, 5.74) is 0. The number of carboxylic acid groups (broad SMARTS) is 1. The van der Waals surface area contributed by atoms with E-state index < -0.39 is 12.1 Å². The van der Waals surface area contributed by atoms with Crippen molar-refractivity contribution in [3.63, 3.8) is 0 Å². The first-order valence-corrected chi connectivity index (χ1v) is 7.22. The molecular weight excluding hydrogens is 315 g/mol. The second-order valence-corrected chi connectivity index (χ2v) is 4.91. The van der Waals surface area contributed by atoms with Crippen molar-refractivity contribution in [2.45, 2.75) is 45.3 Å². The molecule has 6 nitrogen and oxygen atoms in total. The summed E-state index contributed by atoms with van der Waals surface area (Å²) in [4.78, 5) is 20.2. The molecule has 0 atom stereocenters. The van der Waals surface area contributed by atoms with Gasteiger partial charge in [-0.05, 0) is 12.8 Å². The number of hydrogen-bond donors (Lipinski definition) is 1. The van der Waals surface area contributed by atoms with E-state index in [-0.39, 0.29) is 5.91 Å². The molecule has 1 aromatic rings. The van der Waals surface area contributed by atoms with E-state index >= 15 is 0 Å². The van der Waals surface area contributed by atoms with Crippen LogP contribution in [-0.2, 0) is 23.2 Å². The van der Waals surface area contributed by atoms with Crippen molar-refractivity contribution in [3.8, 4) is 0 Å². The van der Waals surface area contributed by atoms with Crippen molar-refractivity contribution in [2.75, 3.05) is 6.54 Å². The Kier molecular flexibility index (Phi) is 9.68. The molecule has 1 heterocycles. The Morgan fingerprint density at radius 2 is 1.91 bits per heavy atom. The van der Waals surface area contributed by atoms with Gasteiger partial charge < -0.3 is 15.2 Å². The van der Waals surface area contributed by atoms with Crippen molar-refractivity contribution in [3.05, 3.63) is 18.7 Å². The van der Waals surface area contributed by atoms with E-state index in [0.717, 1.165) is 32.4 Å². The first-order valence-electron chi connectivity index (χ1n) is 7.22. The number of unbranched alkanes of at least 4 members (excludes halogenated alkanes) is 1. The zero-order chi connectivity index (χ0) is 17.9. The van der Waals surface area contributed by atoms with E-state index in [1.807, 2.05) is 30.3 Å². The van der Waals surface area contributed by atoms with E-state index in [1.165, 1.54) is 0 Å². The molecular formula is C14H22F3N3O3. The van der Waals surface area contributed by atoms with Crippen molar-refractivity contribution in [1.29, 1.82) is 0 Å². The molecule has 132 valence electrons. The van der Waals surface area contributed by atoms with Crippen molar-refractivity contribution in [2.24, 2.45) is 7.05 Å². The monoisotopic (exact) mass is 337 g/mol. The molecule has 0 saturated heterocycles. The minimum absolute atomic E-state index is 0.171. The Balaban J connectivity index is 0.000000585. The quantitative estimate of drug-likeness (QED) is 0.574. The number of aryl methyl sites for hydroxylation is 2. The Bertz CT molecular complexity index is 487. The standard InChI is InChI=1S/C12H21N3O.C2HF3O2/c1-3-4-7-13-12(16)6-5-8-15-10-9-14(2)11-15;3-2(4,5)1(6)7/h9-11H,3-8H2,1-2H3;(H,6,7). The molecule has 9 heteroatoms. The summed E-state index contributed by atoms with van der Waals surface area (Å²) >= 11 is 0. The lowest BCUT2D eigenvalue weighted by atomic mass is 10.3. The number of alkyl halides is 3. The number of nitrogens with one attached hydrogen (secondary N) is 1. The highest BCUT2D eigenvalue weighted by molar-refractivity contribution is 5.75. The molecule has 0 aliphatic carbocycles. The molecule has 0 radical (unpaired) electrons. The predicted molar refractivity (Wildman–Crippen MR) is 73.8 cm³/mol. The largest absolute Gasteiger partial charge is 0.542 e. The Hall–Kier alpha value is -2.06. The van der Waals surface area contributed by atoms with Gasteiger partial charge in [0.2, 0.25) is 12.2 Å². The van der Waals surface area contributed by atoms with E-state index in [1.54, 1.807) is 0 Å². The summed E-state index contributed by atoms with van der Waals surface area (Å²) in [5, 5.41) is 11.7. The maximum Gasteiger partial charge on any atom is 0.430 e. The van der Waals surface area contributed by atoms with Crippen LogP contribution in [0, 0.1) is 0 Å². The van der Waals surface area contributed by atoms with Gasteiger partial charge in [0.05, 0.1) is 13.6 Å². The Morgan fingerprint density at radius 3 is 2.35 bits per heavy atom. The predicted octanol–water partition coefficient (Wildman–Crippen LogP) is 0.308. The van der Waals surface area contributed by atoms with Crippen LogP contribution in [0.5, 0.6) is 0 Å². The van der Waals surface area contributed by atoms with Crippen LogP contribution in [0.4, 0.5) is 13.2 Å². The Morgan fingerprint density at radius 1 is 1.30 bits per heavy atom. The summed E-state index contributed by atoms with van der Waals surface area (Å²) in [5.74, 6) is -2.84. The minimum atomic E-state index is -5.19.